The normalized spacial score (nSPS) is 16.8. The average Bonchev–Trinajstić information content (AvgIpc) is 3.29. The molecule has 0 aromatic heterocycles. The summed E-state index contributed by atoms with van der Waals surface area (Å²) in [6.07, 6.45) is 13.2. The van der Waals surface area contributed by atoms with Crippen LogP contribution >= 0.6 is 0 Å². The fraction of sp³-hybridized carbons (Fsp3) is 0.574. The third kappa shape index (κ3) is 17.5. The van der Waals surface area contributed by atoms with Gasteiger partial charge in [0.2, 0.25) is 41.4 Å². The zero-order valence-corrected chi connectivity index (χ0v) is 39.2. The molecule has 0 fully saturated rings. The molecule has 1 heterocycles. The maximum atomic E-state index is 14.0. The Morgan fingerprint density at radius 1 is 0.746 bits per heavy atom. The summed E-state index contributed by atoms with van der Waals surface area (Å²) in [6.45, 7) is 1.54. The number of carbonyl (C=O) groups is 8. The van der Waals surface area contributed by atoms with Crippen molar-refractivity contribution < 1.29 is 53.7 Å². The molecule has 8 amide bonds. The van der Waals surface area contributed by atoms with Crippen molar-refractivity contribution in [3.63, 3.8) is 0 Å². The van der Waals surface area contributed by atoms with Gasteiger partial charge in [-0.05, 0) is 48.7 Å². The van der Waals surface area contributed by atoms with Gasteiger partial charge in [0.15, 0.2) is 6.17 Å². The second-order valence-electron chi connectivity index (χ2n) is 17.1. The van der Waals surface area contributed by atoms with E-state index < -0.39 is 91.4 Å². The zero-order chi connectivity index (χ0) is 49.6. The van der Waals surface area contributed by atoms with Crippen LogP contribution in [0.5, 0.6) is 11.5 Å². The number of nitrogens with two attached hydrogens (primary N) is 2. The molecule has 2 aromatic rings. The molecule has 20 nitrogen and oxygen atoms in total. The minimum absolute atomic E-state index is 0.0440. The van der Waals surface area contributed by atoms with Gasteiger partial charge in [0.25, 0.3) is 5.91 Å². The lowest BCUT2D eigenvalue weighted by atomic mass is 9.93. The quantitative estimate of drug-likeness (QED) is 0.0497. The molecule has 12 N–H and O–H groups in total. The van der Waals surface area contributed by atoms with Gasteiger partial charge in [0.05, 0.1) is 19.7 Å². The number of rotatable bonds is 25. The lowest BCUT2D eigenvalue weighted by molar-refractivity contribution is -0.142. The van der Waals surface area contributed by atoms with Gasteiger partial charge in [-0.25, -0.2) is 0 Å². The highest BCUT2D eigenvalue weighted by atomic mass is 16.3. The van der Waals surface area contributed by atoms with Gasteiger partial charge in [-0.3, -0.25) is 38.4 Å². The monoisotopic (exact) mass is 938 g/mol. The van der Waals surface area contributed by atoms with Gasteiger partial charge in [0.1, 0.15) is 35.7 Å². The molecule has 0 saturated carbocycles. The van der Waals surface area contributed by atoms with Gasteiger partial charge in [-0.2, -0.15) is 0 Å². The summed E-state index contributed by atoms with van der Waals surface area (Å²) in [5.74, 6) is -7.02. The SMILES string of the molecule is CCCCCCCCCCCCCCCC(=O)N(C)C(CO)C(=O)NC(N)C(=O)NCC(=O)N(C)C1C(=O)NC(C)C(=O)NC(C(=O)NCC(N)=O)Cc2ccc(O)c(c2)-c2cc1ccc2O. The van der Waals surface area contributed by atoms with E-state index in [1.807, 2.05) is 0 Å². The molecular weight excluding hydrogens is 867 g/mol. The highest BCUT2D eigenvalue weighted by Gasteiger charge is 2.34. The molecule has 0 saturated heterocycles. The molecule has 4 bridgehead atoms. The van der Waals surface area contributed by atoms with E-state index in [9.17, 15) is 53.7 Å². The van der Waals surface area contributed by atoms with Crippen LogP contribution in [0.3, 0.4) is 0 Å². The van der Waals surface area contributed by atoms with Crippen LogP contribution in [0.2, 0.25) is 0 Å². The Morgan fingerprint density at radius 2 is 1.31 bits per heavy atom. The van der Waals surface area contributed by atoms with Crippen LogP contribution in [0.25, 0.3) is 11.1 Å². The van der Waals surface area contributed by atoms with Crippen molar-refractivity contribution in [3.05, 3.63) is 47.5 Å². The molecule has 370 valence electrons. The number of aromatic hydroxyl groups is 2. The number of primary amides is 1. The fourth-order valence-corrected chi connectivity index (χ4v) is 7.70. The second-order valence-corrected chi connectivity index (χ2v) is 17.1. The van der Waals surface area contributed by atoms with Crippen LogP contribution in [0.15, 0.2) is 36.4 Å². The van der Waals surface area contributed by atoms with Crippen molar-refractivity contribution in [3.8, 4) is 22.6 Å². The van der Waals surface area contributed by atoms with E-state index in [1.165, 1.54) is 109 Å². The summed E-state index contributed by atoms with van der Waals surface area (Å²) in [4.78, 5) is 107. The molecule has 0 aliphatic carbocycles. The molecule has 5 atom stereocenters. The molecule has 1 aliphatic heterocycles. The number of phenols is 2. The predicted molar refractivity (Wildman–Crippen MR) is 249 cm³/mol. The number of aliphatic hydroxyl groups excluding tert-OH is 1. The van der Waals surface area contributed by atoms with E-state index in [4.69, 9.17) is 11.5 Å². The maximum Gasteiger partial charge on any atom is 0.257 e. The Morgan fingerprint density at radius 3 is 1.90 bits per heavy atom. The third-order valence-corrected chi connectivity index (χ3v) is 11.8. The molecule has 0 spiro atoms. The second kappa shape index (κ2) is 28.0. The number of nitrogens with one attached hydrogen (secondary N) is 5. The minimum Gasteiger partial charge on any atom is -0.507 e. The fourth-order valence-electron chi connectivity index (χ4n) is 7.70. The molecule has 3 rings (SSSR count). The van der Waals surface area contributed by atoms with Gasteiger partial charge >= 0.3 is 0 Å². The van der Waals surface area contributed by atoms with Crippen molar-refractivity contribution >= 4 is 47.3 Å². The predicted octanol–water partition coefficient (Wildman–Crippen LogP) is 1.23. The molecule has 0 radical (unpaired) electrons. The van der Waals surface area contributed by atoms with Crippen LogP contribution in [-0.4, -0.2) is 130 Å². The summed E-state index contributed by atoms with van der Waals surface area (Å²) < 4.78 is 0. The van der Waals surface area contributed by atoms with Crippen molar-refractivity contribution in [1.82, 2.24) is 36.4 Å². The van der Waals surface area contributed by atoms with E-state index in [-0.39, 0.29) is 46.9 Å². The molecular formula is C47H71N9O11. The van der Waals surface area contributed by atoms with Gasteiger partial charge < -0.3 is 63.2 Å². The minimum atomic E-state index is -1.72. The number of unbranched alkanes of at least 4 members (excludes halogenated alkanes) is 12. The van der Waals surface area contributed by atoms with E-state index in [0.717, 1.165) is 35.5 Å². The van der Waals surface area contributed by atoms with E-state index in [0.29, 0.717) is 12.0 Å². The lowest BCUT2D eigenvalue weighted by Crippen LogP contribution is -2.59. The standard InChI is InChI=1S/C47H71N9O11/c1-5-6-7-8-9-10-11-12-13-14-15-16-17-18-39(61)55(3)35(28-57)45(65)54-42(49)47(67)51-27-40(62)56(4)41-31-20-22-37(59)33(25-31)32-23-30(19-21-36(32)58)24-34(44(64)50-26-38(48)60)53-43(63)29(2)52-46(41)66/h19-23,25,29,34-35,41-42,57-59H,5-18,24,26-28,49H2,1-4H3,(H2,48,60)(H,50,64)(H,51,67)(H,52,66)(H,53,63)(H,54,65). The molecule has 67 heavy (non-hydrogen) atoms. The van der Waals surface area contributed by atoms with Crippen molar-refractivity contribution in [2.45, 2.75) is 140 Å². The largest absolute Gasteiger partial charge is 0.507 e. The Balaban J connectivity index is 1.64. The lowest BCUT2D eigenvalue weighted by Gasteiger charge is -2.30. The van der Waals surface area contributed by atoms with E-state index >= 15 is 0 Å². The summed E-state index contributed by atoms with van der Waals surface area (Å²) >= 11 is 0. The van der Waals surface area contributed by atoms with Gasteiger partial charge in [0, 0.05) is 38.1 Å². The Bertz CT molecular complexity index is 2030. The van der Waals surface area contributed by atoms with Crippen LogP contribution in [0.4, 0.5) is 0 Å². The number of carbonyl (C=O) groups excluding carboxylic acids is 8. The van der Waals surface area contributed by atoms with Crippen LogP contribution in [0.1, 0.15) is 121 Å². The van der Waals surface area contributed by atoms with Gasteiger partial charge in [-0.15, -0.1) is 0 Å². The number of hydrogen-bond donors (Lipinski definition) is 10. The Labute approximate surface area is 392 Å². The first kappa shape index (κ1) is 55.1. The summed E-state index contributed by atoms with van der Waals surface area (Å²) in [5, 5.41) is 43.8. The number of aliphatic hydroxyl groups is 1. The van der Waals surface area contributed by atoms with Crippen molar-refractivity contribution in [1.29, 1.82) is 0 Å². The number of hydrogen-bond acceptors (Lipinski definition) is 12. The van der Waals surface area contributed by atoms with E-state index in [2.05, 4.69) is 33.5 Å². The molecule has 2 aromatic carbocycles. The summed E-state index contributed by atoms with van der Waals surface area (Å²) in [6, 6.07) is 2.77. The topological polar surface area (TPSA) is 316 Å². The number of phenolic OH excluding ortho intramolecular Hbond substituents is 2. The first-order valence-corrected chi connectivity index (χ1v) is 23.2. The van der Waals surface area contributed by atoms with Gasteiger partial charge in [-0.1, -0.05) is 96.1 Å². The maximum absolute atomic E-state index is 14.0. The highest BCUT2D eigenvalue weighted by Crippen LogP contribution is 2.38. The highest BCUT2D eigenvalue weighted by molar-refractivity contribution is 5.97. The first-order chi connectivity index (χ1) is 31.9. The van der Waals surface area contributed by atoms with Crippen LogP contribution in [-0.2, 0) is 44.8 Å². The van der Waals surface area contributed by atoms with Crippen LogP contribution < -0.4 is 38.1 Å². The number of benzene rings is 2. The number of nitrogens with zero attached hydrogens (tertiary/aromatic N) is 2. The number of amides is 8. The first-order valence-electron chi connectivity index (χ1n) is 23.2. The Hall–Kier alpha value is -6.28. The average molecular weight is 938 g/mol. The number of fused-ring (bicyclic) bond motifs is 5. The van der Waals surface area contributed by atoms with Crippen molar-refractivity contribution in [2.24, 2.45) is 11.5 Å². The Kier molecular flexibility index (Phi) is 23.0. The summed E-state index contributed by atoms with van der Waals surface area (Å²) in [7, 11) is 2.62. The van der Waals surface area contributed by atoms with E-state index in [1.54, 1.807) is 0 Å². The molecule has 20 heteroatoms. The number of likely N-dealkylation sites (N-methyl/N-ethyl adjacent to an activating group) is 2. The molecule has 5 unspecified atom stereocenters. The smallest absolute Gasteiger partial charge is 0.257 e. The summed E-state index contributed by atoms with van der Waals surface area (Å²) in [5.41, 5.74) is 11.8. The zero-order valence-electron chi connectivity index (χ0n) is 39.2. The third-order valence-electron chi connectivity index (χ3n) is 11.8. The van der Waals surface area contributed by atoms with Crippen LogP contribution in [0, 0.1) is 0 Å². The van der Waals surface area contributed by atoms with Crippen molar-refractivity contribution in [2.75, 3.05) is 33.8 Å². The molecule has 1 aliphatic rings.